The van der Waals surface area contributed by atoms with E-state index in [1.54, 1.807) is 23.2 Å². The van der Waals surface area contributed by atoms with Crippen LogP contribution in [0, 0.1) is 0 Å². The van der Waals surface area contributed by atoms with Crippen LogP contribution >= 0.6 is 23.2 Å². The zero-order valence-corrected chi connectivity index (χ0v) is 17.5. The van der Waals surface area contributed by atoms with E-state index in [-0.39, 0.29) is 18.2 Å². The molecule has 4 rings (SSSR count). The quantitative estimate of drug-likeness (QED) is 0.605. The molecular formula is C23H19Cl2N3O2. The van der Waals surface area contributed by atoms with Crippen molar-refractivity contribution in [2.45, 2.75) is 25.4 Å². The Morgan fingerprint density at radius 1 is 1.03 bits per heavy atom. The van der Waals surface area contributed by atoms with Gasteiger partial charge < -0.3 is 10.2 Å². The molecule has 3 aromatic rings. The Balaban J connectivity index is 1.67. The fourth-order valence-electron chi connectivity index (χ4n) is 3.61. The Morgan fingerprint density at radius 3 is 2.60 bits per heavy atom. The second-order valence-electron chi connectivity index (χ2n) is 7.16. The van der Waals surface area contributed by atoms with Gasteiger partial charge in [0.1, 0.15) is 0 Å². The maximum atomic E-state index is 13.6. The summed E-state index contributed by atoms with van der Waals surface area (Å²) in [7, 11) is 0. The van der Waals surface area contributed by atoms with Gasteiger partial charge in [0, 0.05) is 24.8 Å². The molecule has 1 unspecified atom stereocenters. The summed E-state index contributed by atoms with van der Waals surface area (Å²) >= 11 is 12.2. The molecule has 1 N–H and O–H groups in total. The number of anilines is 1. The van der Waals surface area contributed by atoms with E-state index in [1.807, 2.05) is 48.5 Å². The van der Waals surface area contributed by atoms with E-state index in [1.165, 1.54) is 0 Å². The maximum absolute atomic E-state index is 13.6. The van der Waals surface area contributed by atoms with Crippen LogP contribution in [0.5, 0.6) is 0 Å². The zero-order chi connectivity index (χ0) is 21.1. The molecule has 0 bridgehead atoms. The van der Waals surface area contributed by atoms with Crippen LogP contribution in [0.25, 0.3) is 0 Å². The van der Waals surface area contributed by atoms with E-state index < -0.39 is 5.92 Å². The number of carbonyl (C=O) groups is 2. The lowest BCUT2D eigenvalue weighted by atomic mass is 9.89. The predicted octanol–water partition coefficient (Wildman–Crippen LogP) is 5.04. The zero-order valence-electron chi connectivity index (χ0n) is 16.0. The van der Waals surface area contributed by atoms with E-state index in [2.05, 4.69) is 10.3 Å². The van der Waals surface area contributed by atoms with Crippen molar-refractivity contribution in [2.75, 3.05) is 5.32 Å². The number of aromatic nitrogens is 1. The maximum Gasteiger partial charge on any atom is 0.231 e. The number of pyridine rings is 1. The number of para-hydroxylation sites is 1. The number of hydrogen-bond acceptors (Lipinski definition) is 3. The average Bonchev–Trinajstić information content (AvgIpc) is 2.75. The van der Waals surface area contributed by atoms with Gasteiger partial charge in [-0.3, -0.25) is 14.6 Å². The van der Waals surface area contributed by atoms with Gasteiger partial charge in [-0.15, -0.1) is 0 Å². The lowest BCUT2D eigenvalue weighted by Crippen LogP contribution is -2.38. The molecular weight excluding hydrogens is 421 g/mol. The topological polar surface area (TPSA) is 62.3 Å². The number of nitrogens with zero attached hydrogens (tertiary/aromatic N) is 2. The Morgan fingerprint density at radius 2 is 1.83 bits per heavy atom. The van der Waals surface area contributed by atoms with Gasteiger partial charge >= 0.3 is 0 Å². The molecule has 0 aliphatic carbocycles. The first-order valence-electron chi connectivity index (χ1n) is 9.52. The van der Waals surface area contributed by atoms with E-state index >= 15 is 0 Å². The third kappa shape index (κ3) is 4.48. The van der Waals surface area contributed by atoms with Gasteiger partial charge in [-0.05, 0) is 41.5 Å². The molecule has 5 nitrogen and oxygen atoms in total. The molecule has 0 saturated heterocycles. The number of carbonyl (C=O) groups excluding carboxylic acids is 2. The summed E-state index contributed by atoms with van der Waals surface area (Å²) in [6.45, 7) is 0.646. The Bertz CT molecular complexity index is 1090. The molecule has 1 atom stereocenters. The molecule has 7 heteroatoms. The number of hydrogen-bond donors (Lipinski definition) is 1. The Hall–Kier alpha value is -2.89. The van der Waals surface area contributed by atoms with Gasteiger partial charge in [-0.1, -0.05) is 53.5 Å². The number of nitrogens with one attached hydrogen (secondary N) is 1. The lowest BCUT2D eigenvalue weighted by Gasteiger charge is -2.31. The summed E-state index contributed by atoms with van der Waals surface area (Å²) in [5.74, 6) is -0.852. The molecule has 1 aromatic heterocycles. The summed E-state index contributed by atoms with van der Waals surface area (Å²) in [5, 5.41) is 3.73. The predicted molar refractivity (Wildman–Crippen MR) is 117 cm³/mol. The van der Waals surface area contributed by atoms with Gasteiger partial charge in [0.25, 0.3) is 0 Å². The van der Waals surface area contributed by atoms with Crippen LogP contribution < -0.4 is 5.32 Å². The van der Waals surface area contributed by atoms with Crippen molar-refractivity contribution in [1.29, 1.82) is 0 Å². The Labute approximate surface area is 184 Å². The first-order valence-corrected chi connectivity index (χ1v) is 10.3. The summed E-state index contributed by atoms with van der Waals surface area (Å²) in [4.78, 5) is 31.9. The van der Waals surface area contributed by atoms with Crippen LogP contribution in [0.2, 0.25) is 10.0 Å². The van der Waals surface area contributed by atoms with Crippen molar-refractivity contribution in [3.05, 3.63) is 93.7 Å². The van der Waals surface area contributed by atoms with Crippen molar-refractivity contribution in [3.8, 4) is 0 Å². The number of rotatable bonds is 5. The van der Waals surface area contributed by atoms with Crippen LogP contribution in [0.4, 0.5) is 5.69 Å². The van der Waals surface area contributed by atoms with Crippen molar-refractivity contribution < 1.29 is 9.59 Å². The molecule has 30 heavy (non-hydrogen) atoms. The van der Waals surface area contributed by atoms with Crippen molar-refractivity contribution in [2.24, 2.45) is 0 Å². The summed E-state index contributed by atoms with van der Waals surface area (Å²) < 4.78 is 0. The van der Waals surface area contributed by atoms with E-state index in [4.69, 9.17) is 23.2 Å². The van der Waals surface area contributed by atoms with Crippen LogP contribution in [0.1, 0.15) is 29.2 Å². The number of benzene rings is 2. The standard InChI is InChI=1S/C23H19Cl2N3O2/c24-19-9-8-15(11-20(19)25)13-28(14-16-5-3-4-10-26-16)23(30)18-12-22(29)27-21-7-2-1-6-17(18)21/h1-11,18H,12-14H2,(H,27,29). The normalized spacial score (nSPS) is 15.3. The minimum absolute atomic E-state index is 0.107. The third-order valence-electron chi connectivity index (χ3n) is 5.05. The molecule has 0 spiro atoms. The SMILES string of the molecule is O=C1CC(C(=O)N(Cc2ccc(Cl)c(Cl)c2)Cc2ccccn2)c2ccccc2N1. The minimum Gasteiger partial charge on any atom is -0.332 e. The molecule has 2 heterocycles. The van der Waals surface area contributed by atoms with Crippen LogP contribution in [-0.4, -0.2) is 21.7 Å². The average molecular weight is 440 g/mol. The van der Waals surface area contributed by atoms with Crippen molar-refractivity contribution in [1.82, 2.24) is 9.88 Å². The third-order valence-corrected chi connectivity index (χ3v) is 5.79. The molecule has 1 aliphatic heterocycles. The molecule has 1 aliphatic rings. The van der Waals surface area contributed by atoms with Crippen molar-refractivity contribution >= 4 is 40.7 Å². The van der Waals surface area contributed by atoms with Crippen LogP contribution in [0.15, 0.2) is 66.9 Å². The fraction of sp³-hybridized carbons (Fsp3) is 0.174. The highest BCUT2D eigenvalue weighted by atomic mass is 35.5. The van der Waals surface area contributed by atoms with Crippen LogP contribution in [0.3, 0.4) is 0 Å². The second kappa shape index (κ2) is 8.86. The van der Waals surface area contributed by atoms with Gasteiger partial charge in [0.15, 0.2) is 0 Å². The number of amides is 2. The molecule has 2 amide bonds. The molecule has 2 aromatic carbocycles. The highest BCUT2D eigenvalue weighted by Crippen LogP contribution is 2.34. The Kier molecular flexibility index (Phi) is 6.02. The van der Waals surface area contributed by atoms with E-state index in [9.17, 15) is 9.59 Å². The smallest absolute Gasteiger partial charge is 0.231 e. The van der Waals surface area contributed by atoms with Crippen molar-refractivity contribution in [3.63, 3.8) is 0 Å². The van der Waals surface area contributed by atoms with E-state index in [0.717, 1.165) is 16.8 Å². The number of halogens is 2. The molecule has 0 radical (unpaired) electrons. The molecule has 0 fully saturated rings. The largest absolute Gasteiger partial charge is 0.332 e. The number of fused-ring (bicyclic) bond motifs is 1. The van der Waals surface area contributed by atoms with Gasteiger partial charge in [-0.25, -0.2) is 0 Å². The molecule has 152 valence electrons. The summed E-state index contributed by atoms with van der Waals surface area (Å²) in [5.41, 5.74) is 3.11. The summed E-state index contributed by atoms with van der Waals surface area (Å²) in [6, 6.07) is 18.3. The second-order valence-corrected chi connectivity index (χ2v) is 7.97. The first-order chi connectivity index (χ1) is 14.5. The first kappa shape index (κ1) is 20.4. The summed E-state index contributed by atoms with van der Waals surface area (Å²) in [6.07, 6.45) is 1.80. The fourth-order valence-corrected chi connectivity index (χ4v) is 3.93. The highest BCUT2D eigenvalue weighted by molar-refractivity contribution is 6.42. The molecule has 0 saturated carbocycles. The monoisotopic (exact) mass is 439 g/mol. The van der Waals surface area contributed by atoms with Gasteiger partial charge in [0.05, 0.1) is 28.2 Å². The minimum atomic E-state index is -0.554. The van der Waals surface area contributed by atoms with Crippen LogP contribution in [-0.2, 0) is 22.7 Å². The van der Waals surface area contributed by atoms with Gasteiger partial charge in [-0.2, -0.15) is 0 Å². The van der Waals surface area contributed by atoms with Gasteiger partial charge in [0.2, 0.25) is 11.8 Å². The lowest BCUT2D eigenvalue weighted by molar-refractivity contribution is -0.136. The van der Waals surface area contributed by atoms with E-state index in [0.29, 0.717) is 28.8 Å². The highest BCUT2D eigenvalue weighted by Gasteiger charge is 2.33.